The van der Waals surface area contributed by atoms with Crippen molar-refractivity contribution in [2.45, 2.75) is 66.8 Å². The van der Waals surface area contributed by atoms with E-state index in [1.165, 1.54) is 42.4 Å². The lowest BCUT2D eigenvalue weighted by atomic mass is 9.87. The molecule has 1 nitrogen and oxygen atoms in total. The molecule has 0 fully saturated rings. The van der Waals surface area contributed by atoms with Gasteiger partial charge in [-0.1, -0.05) is 63.8 Å². The van der Waals surface area contributed by atoms with Gasteiger partial charge in [0.15, 0.2) is 0 Å². The van der Waals surface area contributed by atoms with Crippen LogP contribution in [0.15, 0.2) is 18.2 Å². The van der Waals surface area contributed by atoms with Crippen molar-refractivity contribution < 1.29 is 0 Å². The molecule has 0 bridgehead atoms. The van der Waals surface area contributed by atoms with Crippen LogP contribution in [-0.2, 0) is 6.54 Å². The van der Waals surface area contributed by atoms with Gasteiger partial charge in [-0.15, -0.1) is 0 Å². The van der Waals surface area contributed by atoms with Crippen LogP contribution in [0.3, 0.4) is 0 Å². The molecule has 0 aromatic heterocycles. The van der Waals surface area contributed by atoms with E-state index in [2.05, 4.69) is 58.1 Å². The average Bonchev–Trinajstić information content (AvgIpc) is 2.33. The maximum atomic E-state index is 3.64. The fraction of sp³-hybridized carbons (Fsp3) is 0.667. The van der Waals surface area contributed by atoms with E-state index in [0.29, 0.717) is 5.41 Å². The monoisotopic (exact) mass is 261 g/mol. The van der Waals surface area contributed by atoms with Crippen molar-refractivity contribution in [3.05, 3.63) is 34.9 Å². The molecule has 1 aromatic carbocycles. The molecule has 1 N–H and O–H groups in total. The zero-order valence-electron chi connectivity index (χ0n) is 13.5. The molecule has 0 aliphatic heterocycles. The summed E-state index contributed by atoms with van der Waals surface area (Å²) in [7, 11) is 0. The van der Waals surface area contributed by atoms with E-state index in [-0.39, 0.29) is 0 Å². The molecule has 0 spiro atoms. The van der Waals surface area contributed by atoms with E-state index in [9.17, 15) is 0 Å². The van der Waals surface area contributed by atoms with Crippen LogP contribution in [0.25, 0.3) is 0 Å². The third-order valence-electron chi connectivity index (χ3n) is 3.88. The summed E-state index contributed by atoms with van der Waals surface area (Å²) in [4.78, 5) is 0. The normalized spacial score (nSPS) is 11.8. The summed E-state index contributed by atoms with van der Waals surface area (Å²) in [5.74, 6) is 0. The molecule has 0 saturated carbocycles. The molecular formula is C18H31N. The van der Waals surface area contributed by atoms with Gasteiger partial charge in [0, 0.05) is 13.1 Å². The molecule has 0 atom stereocenters. The molecule has 0 saturated heterocycles. The van der Waals surface area contributed by atoms with Gasteiger partial charge in [-0.25, -0.2) is 0 Å². The average molecular weight is 261 g/mol. The number of nitrogens with one attached hydrogen (secondary N) is 1. The highest BCUT2D eigenvalue weighted by Gasteiger charge is 2.16. The van der Waals surface area contributed by atoms with E-state index in [1.807, 2.05) is 0 Å². The Morgan fingerprint density at radius 3 is 2.53 bits per heavy atom. The fourth-order valence-electron chi connectivity index (χ4n) is 2.47. The summed E-state index contributed by atoms with van der Waals surface area (Å²) in [6.07, 6.45) is 5.35. The second-order valence-corrected chi connectivity index (χ2v) is 6.65. The zero-order valence-corrected chi connectivity index (χ0v) is 13.5. The van der Waals surface area contributed by atoms with Gasteiger partial charge in [-0.3, -0.25) is 0 Å². The second kappa shape index (κ2) is 7.69. The highest BCUT2D eigenvalue weighted by atomic mass is 14.9. The maximum absolute atomic E-state index is 3.64. The van der Waals surface area contributed by atoms with Crippen molar-refractivity contribution in [3.8, 4) is 0 Å². The van der Waals surface area contributed by atoms with Gasteiger partial charge in [-0.2, -0.15) is 0 Å². The van der Waals surface area contributed by atoms with Crippen LogP contribution < -0.4 is 5.32 Å². The summed E-state index contributed by atoms with van der Waals surface area (Å²) in [6.45, 7) is 13.5. The zero-order chi connectivity index (χ0) is 14.3. The Kier molecular flexibility index (Phi) is 6.57. The molecule has 1 rings (SSSR count). The van der Waals surface area contributed by atoms with Gasteiger partial charge in [0.2, 0.25) is 0 Å². The standard InChI is InChI=1S/C18H31N/c1-6-7-8-11-18(4,5)14-19-13-17-12-15(2)9-10-16(17)3/h9-10,12,19H,6-8,11,13-14H2,1-5H3. The molecule has 1 heteroatoms. The molecule has 0 unspecified atom stereocenters. The van der Waals surface area contributed by atoms with E-state index in [4.69, 9.17) is 0 Å². The molecule has 0 heterocycles. The Morgan fingerprint density at radius 1 is 1.11 bits per heavy atom. The molecule has 0 amide bonds. The summed E-state index contributed by atoms with van der Waals surface area (Å²) < 4.78 is 0. The first-order valence-corrected chi connectivity index (χ1v) is 7.71. The number of rotatable bonds is 8. The Balaban J connectivity index is 2.38. The Morgan fingerprint density at radius 2 is 1.84 bits per heavy atom. The topological polar surface area (TPSA) is 12.0 Å². The minimum atomic E-state index is 0.410. The maximum Gasteiger partial charge on any atom is 0.0208 e. The lowest BCUT2D eigenvalue weighted by Crippen LogP contribution is -2.29. The van der Waals surface area contributed by atoms with Crippen LogP contribution in [0.4, 0.5) is 0 Å². The van der Waals surface area contributed by atoms with Gasteiger partial charge in [-0.05, 0) is 36.8 Å². The van der Waals surface area contributed by atoms with Crippen LogP contribution in [0, 0.1) is 19.3 Å². The first-order chi connectivity index (χ1) is 8.94. The molecule has 1 aromatic rings. The van der Waals surface area contributed by atoms with Crippen LogP contribution >= 0.6 is 0 Å². The predicted octanol–water partition coefficient (Wildman–Crippen LogP) is 5.00. The number of unbranched alkanes of at least 4 members (excludes halogenated alkanes) is 2. The molecule has 0 radical (unpaired) electrons. The smallest absolute Gasteiger partial charge is 0.0208 e. The predicted molar refractivity (Wildman–Crippen MR) is 85.5 cm³/mol. The molecular weight excluding hydrogens is 230 g/mol. The summed E-state index contributed by atoms with van der Waals surface area (Å²) in [5.41, 5.74) is 4.59. The Bertz CT molecular complexity index is 379. The van der Waals surface area contributed by atoms with Gasteiger partial charge in [0.05, 0.1) is 0 Å². The van der Waals surface area contributed by atoms with E-state index in [1.54, 1.807) is 0 Å². The second-order valence-electron chi connectivity index (χ2n) is 6.65. The Hall–Kier alpha value is -0.820. The lowest BCUT2D eigenvalue weighted by molar-refractivity contribution is 0.302. The first-order valence-electron chi connectivity index (χ1n) is 7.71. The van der Waals surface area contributed by atoms with Crippen molar-refractivity contribution in [1.29, 1.82) is 0 Å². The fourth-order valence-corrected chi connectivity index (χ4v) is 2.47. The van der Waals surface area contributed by atoms with E-state index < -0.39 is 0 Å². The van der Waals surface area contributed by atoms with Crippen molar-refractivity contribution in [2.24, 2.45) is 5.41 Å². The van der Waals surface area contributed by atoms with E-state index in [0.717, 1.165) is 13.1 Å². The van der Waals surface area contributed by atoms with Crippen molar-refractivity contribution in [2.75, 3.05) is 6.54 Å². The van der Waals surface area contributed by atoms with Crippen molar-refractivity contribution >= 4 is 0 Å². The van der Waals surface area contributed by atoms with Gasteiger partial charge in [0.25, 0.3) is 0 Å². The van der Waals surface area contributed by atoms with Gasteiger partial charge >= 0.3 is 0 Å². The highest BCUT2D eigenvalue weighted by Crippen LogP contribution is 2.23. The van der Waals surface area contributed by atoms with Crippen LogP contribution in [0.5, 0.6) is 0 Å². The van der Waals surface area contributed by atoms with Crippen LogP contribution in [0.1, 0.15) is 63.1 Å². The third-order valence-corrected chi connectivity index (χ3v) is 3.88. The van der Waals surface area contributed by atoms with Crippen LogP contribution in [0.2, 0.25) is 0 Å². The minimum absolute atomic E-state index is 0.410. The first kappa shape index (κ1) is 16.2. The summed E-state index contributed by atoms with van der Waals surface area (Å²) in [5, 5.41) is 3.64. The van der Waals surface area contributed by atoms with Gasteiger partial charge < -0.3 is 5.32 Å². The lowest BCUT2D eigenvalue weighted by Gasteiger charge is -2.25. The quantitative estimate of drug-likeness (QED) is 0.649. The highest BCUT2D eigenvalue weighted by molar-refractivity contribution is 5.30. The third kappa shape index (κ3) is 6.24. The molecule has 108 valence electrons. The summed E-state index contributed by atoms with van der Waals surface area (Å²) in [6, 6.07) is 6.71. The minimum Gasteiger partial charge on any atom is -0.312 e. The van der Waals surface area contributed by atoms with Crippen molar-refractivity contribution in [1.82, 2.24) is 5.32 Å². The molecule has 0 aliphatic rings. The number of hydrogen-bond acceptors (Lipinski definition) is 1. The largest absolute Gasteiger partial charge is 0.312 e. The van der Waals surface area contributed by atoms with Gasteiger partial charge in [0.1, 0.15) is 0 Å². The molecule has 19 heavy (non-hydrogen) atoms. The number of hydrogen-bond donors (Lipinski definition) is 1. The SMILES string of the molecule is CCCCCC(C)(C)CNCc1cc(C)ccc1C. The number of aryl methyl sites for hydroxylation is 2. The van der Waals surface area contributed by atoms with E-state index >= 15 is 0 Å². The number of benzene rings is 1. The summed E-state index contributed by atoms with van der Waals surface area (Å²) >= 11 is 0. The Labute approximate surface area is 119 Å². The van der Waals surface area contributed by atoms with Crippen LogP contribution in [-0.4, -0.2) is 6.54 Å². The van der Waals surface area contributed by atoms with Crippen molar-refractivity contribution in [3.63, 3.8) is 0 Å². The molecule has 0 aliphatic carbocycles.